The molecule has 1 atom stereocenters. The van der Waals surface area contributed by atoms with Gasteiger partial charge in [-0.25, -0.2) is 0 Å². The highest BCUT2D eigenvalue weighted by Gasteiger charge is 2.10. The van der Waals surface area contributed by atoms with E-state index >= 15 is 0 Å². The molecule has 0 radical (unpaired) electrons. The number of rotatable bonds is 7. The van der Waals surface area contributed by atoms with Gasteiger partial charge in [-0.05, 0) is 45.0 Å². The van der Waals surface area contributed by atoms with Crippen LogP contribution in [0.2, 0.25) is 0 Å². The highest BCUT2D eigenvalue weighted by atomic mass is 16.5. The summed E-state index contributed by atoms with van der Waals surface area (Å²) in [6, 6.07) is 8.49. The van der Waals surface area contributed by atoms with Crippen LogP contribution in [0.25, 0.3) is 0 Å². The van der Waals surface area contributed by atoms with Gasteiger partial charge in [0.2, 0.25) is 0 Å². The fourth-order valence-corrected chi connectivity index (χ4v) is 1.83. The minimum Gasteiger partial charge on any atom is -0.399 e. The Labute approximate surface area is 105 Å². The molecule has 0 bridgehead atoms. The summed E-state index contributed by atoms with van der Waals surface area (Å²) < 4.78 is 5.34. The molecule has 1 aromatic rings. The Morgan fingerprint density at radius 3 is 2.82 bits per heavy atom. The molecular formula is C14H24N2O. The molecular weight excluding hydrogens is 212 g/mol. The van der Waals surface area contributed by atoms with Crippen LogP contribution in [0.15, 0.2) is 24.3 Å². The van der Waals surface area contributed by atoms with Crippen LogP contribution in [-0.4, -0.2) is 31.7 Å². The molecule has 0 heterocycles. The fourth-order valence-electron chi connectivity index (χ4n) is 1.83. The van der Waals surface area contributed by atoms with Gasteiger partial charge < -0.3 is 10.5 Å². The molecule has 3 nitrogen and oxygen atoms in total. The quantitative estimate of drug-likeness (QED) is 0.584. The van der Waals surface area contributed by atoms with Crippen molar-refractivity contribution in [1.29, 1.82) is 0 Å². The number of nitrogens with two attached hydrogens (primary N) is 1. The van der Waals surface area contributed by atoms with Crippen LogP contribution in [0.3, 0.4) is 0 Å². The number of anilines is 1. The first kappa shape index (κ1) is 14.0. The van der Waals surface area contributed by atoms with Crippen LogP contribution in [0.1, 0.15) is 31.9 Å². The Morgan fingerprint density at radius 1 is 1.41 bits per heavy atom. The third-order valence-electron chi connectivity index (χ3n) is 3.06. The number of ether oxygens (including phenoxy) is 1. The van der Waals surface area contributed by atoms with E-state index in [1.165, 1.54) is 5.56 Å². The Bertz CT molecular complexity index is 328. The summed E-state index contributed by atoms with van der Waals surface area (Å²) in [5.74, 6) is 0. The molecule has 0 spiro atoms. The number of hydrogen-bond acceptors (Lipinski definition) is 3. The molecule has 0 aliphatic carbocycles. The molecule has 1 unspecified atom stereocenters. The Balaban J connectivity index is 2.43. The third-order valence-corrected chi connectivity index (χ3v) is 3.06. The molecule has 1 aromatic carbocycles. The van der Waals surface area contributed by atoms with Gasteiger partial charge >= 0.3 is 0 Å². The van der Waals surface area contributed by atoms with Gasteiger partial charge in [0.15, 0.2) is 0 Å². The minimum absolute atomic E-state index is 0.389. The molecule has 0 saturated carbocycles. The van der Waals surface area contributed by atoms with E-state index in [0.717, 1.165) is 31.9 Å². The van der Waals surface area contributed by atoms with Crippen molar-refractivity contribution in [1.82, 2.24) is 4.90 Å². The molecule has 1 rings (SSSR count). The summed E-state index contributed by atoms with van der Waals surface area (Å²) in [6.45, 7) is 6.91. The van der Waals surface area contributed by atoms with Crippen molar-refractivity contribution in [3.8, 4) is 0 Å². The van der Waals surface area contributed by atoms with Crippen molar-refractivity contribution < 1.29 is 4.74 Å². The maximum Gasteiger partial charge on any atom is 0.0478 e. The Hall–Kier alpha value is -1.06. The summed E-state index contributed by atoms with van der Waals surface area (Å²) in [4.78, 5) is 2.33. The smallest absolute Gasteiger partial charge is 0.0478 e. The topological polar surface area (TPSA) is 38.5 Å². The molecule has 0 aliphatic heterocycles. The van der Waals surface area contributed by atoms with E-state index in [1.54, 1.807) is 0 Å². The van der Waals surface area contributed by atoms with Crippen molar-refractivity contribution in [2.75, 3.05) is 32.5 Å². The van der Waals surface area contributed by atoms with Crippen LogP contribution < -0.4 is 5.73 Å². The van der Waals surface area contributed by atoms with Crippen molar-refractivity contribution in [3.63, 3.8) is 0 Å². The van der Waals surface area contributed by atoms with Gasteiger partial charge in [0, 0.05) is 31.5 Å². The van der Waals surface area contributed by atoms with Crippen molar-refractivity contribution in [2.24, 2.45) is 0 Å². The summed E-state index contributed by atoms with van der Waals surface area (Å²) in [5.41, 5.74) is 7.90. The number of nitrogens with zero attached hydrogens (tertiary/aromatic N) is 1. The predicted octanol–water partition coefficient (Wildman–Crippen LogP) is 2.69. The highest BCUT2D eigenvalue weighted by molar-refractivity contribution is 5.41. The average molecular weight is 236 g/mol. The molecule has 0 amide bonds. The van der Waals surface area contributed by atoms with Crippen LogP contribution >= 0.6 is 0 Å². The van der Waals surface area contributed by atoms with Gasteiger partial charge in [-0.2, -0.15) is 0 Å². The predicted molar refractivity (Wildman–Crippen MR) is 73.0 cm³/mol. The summed E-state index contributed by atoms with van der Waals surface area (Å²) in [6.07, 6.45) is 1.07. The van der Waals surface area contributed by atoms with Crippen LogP contribution in [0.4, 0.5) is 5.69 Å². The molecule has 0 saturated heterocycles. The van der Waals surface area contributed by atoms with E-state index in [2.05, 4.69) is 24.9 Å². The second kappa shape index (κ2) is 7.30. The maximum atomic E-state index is 5.80. The lowest BCUT2D eigenvalue weighted by atomic mass is 10.1. The number of benzene rings is 1. The average Bonchev–Trinajstić information content (AvgIpc) is 2.33. The second-order valence-corrected chi connectivity index (χ2v) is 4.38. The first-order valence-electron chi connectivity index (χ1n) is 6.28. The number of hydrogen-bond donors (Lipinski definition) is 1. The monoisotopic (exact) mass is 236 g/mol. The minimum atomic E-state index is 0.389. The standard InChI is InChI=1S/C14H24N2O/c1-4-17-10-6-9-16(3)12(2)13-7-5-8-14(15)11-13/h5,7-8,11-12H,4,6,9-10,15H2,1-3H3. The van der Waals surface area contributed by atoms with E-state index in [4.69, 9.17) is 10.5 Å². The molecule has 0 fully saturated rings. The highest BCUT2D eigenvalue weighted by Crippen LogP contribution is 2.20. The van der Waals surface area contributed by atoms with Crippen molar-refractivity contribution in [3.05, 3.63) is 29.8 Å². The van der Waals surface area contributed by atoms with E-state index < -0.39 is 0 Å². The molecule has 0 aromatic heterocycles. The van der Waals surface area contributed by atoms with Crippen molar-refractivity contribution >= 4 is 5.69 Å². The summed E-state index contributed by atoms with van der Waals surface area (Å²) in [7, 11) is 2.14. The molecule has 17 heavy (non-hydrogen) atoms. The fraction of sp³-hybridized carbons (Fsp3) is 0.571. The van der Waals surface area contributed by atoms with Gasteiger partial charge in [0.1, 0.15) is 0 Å². The first-order chi connectivity index (χ1) is 8.15. The van der Waals surface area contributed by atoms with Gasteiger partial charge in [0.25, 0.3) is 0 Å². The summed E-state index contributed by atoms with van der Waals surface area (Å²) in [5, 5.41) is 0. The van der Waals surface area contributed by atoms with Gasteiger partial charge in [0.05, 0.1) is 0 Å². The largest absolute Gasteiger partial charge is 0.399 e. The van der Waals surface area contributed by atoms with E-state index in [0.29, 0.717) is 6.04 Å². The zero-order chi connectivity index (χ0) is 12.7. The van der Waals surface area contributed by atoms with Gasteiger partial charge in [-0.15, -0.1) is 0 Å². The lowest BCUT2D eigenvalue weighted by Crippen LogP contribution is -2.24. The molecule has 96 valence electrons. The van der Waals surface area contributed by atoms with E-state index in [9.17, 15) is 0 Å². The molecule has 3 heteroatoms. The van der Waals surface area contributed by atoms with Crippen LogP contribution in [0, 0.1) is 0 Å². The molecule has 2 N–H and O–H groups in total. The normalized spacial score (nSPS) is 12.9. The second-order valence-electron chi connectivity index (χ2n) is 4.38. The zero-order valence-corrected chi connectivity index (χ0v) is 11.1. The van der Waals surface area contributed by atoms with E-state index in [-0.39, 0.29) is 0 Å². The lowest BCUT2D eigenvalue weighted by Gasteiger charge is -2.25. The maximum absolute atomic E-state index is 5.80. The van der Waals surface area contributed by atoms with Crippen LogP contribution in [-0.2, 0) is 4.74 Å². The molecule has 0 aliphatic rings. The summed E-state index contributed by atoms with van der Waals surface area (Å²) >= 11 is 0. The van der Waals surface area contributed by atoms with E-state index in [1.807, 2.05) is 25.1 Å². The van der Waals surface area contributed by atoms with Gasteiger partial charge in [-0.1, -0.05) is 12.1 Å². The lowest BCUT2D eigenvalue weighted by molar-refractivity contribution is 0.130. The van der Waals surface area contributed by atoms with Gasteiger partial charge in [-0.3, -0.25) is 4.90 Å². The Morgan fingerprint density at radius 2 is 2.18 bits per heavy atom. The SMILES string of the molecule is CCOCCCN(C)C(C)c1cccc(N)c1. The van der Waals surface area contributed by atoms with Crippen molar-refractivity contribution in [2.45, 2.75) is 26.3 Å². The zero-order valence-electron chi connectivity index (χ0n) is 11.1. The Kier molecular flexibility index (Phi) is 6.01. The van der Waals surface area contributed by atoms with Crippen LogP contribution in [0.5, 0.6) is 0 Å². The first-order valence-corrected chi connectivity index (χ1v) is 6.28. The number of nitrogen functional groups attached to an aromatic ring is 1. The third kappa shape index (κ3) is 4.75.